The Morgan fingerprint density at radius 1 is 1.42 bits per heavy atom. The molecule has 2 rings (SSSR count). The van der Waals surface area contributed by atoms with E-state index in [1.54, 1.807) is 19.2 Å². The molecule has 0 aromatic heterocycles. The quantitative estimate of drug-likeness (QED) is 0.659. The van der Waals surface area contributed by atoms with Gasteiger partial charge in [0.25, 0.3) is 10.1 Å². The topological polar surface area (TPSA) is 86.6 Å². The molecule has 0 aromatic rings. The highest BCUT2D eigenvalue weighted by Gasteiger charge is 2.38. The van der Waals surface area contributed by atoms with Gasteiger partial charge in [0.1, 0.15) is 5.25 Å². The maximum Gasteiger partial charge on any atom is 0.272 e. The first-order valence-electron chi connectivity index (χ1n) is 6.22. The fraction of sp³-hybridized carbons (Fsp3) is 0.538. The number of likely N-dealkylation sites (N-methyl/N-ethyl adjacent to an activating group) is 1. The van der Waals surface area contributed by atoms with E-state index < -0.39 is 21.5 Å². The first-order chi connectivity index (χ1) is 8.77. The molecule has 0 aromatic carbocycles. The van der Waals surface area contributed by atoms with E-state index in [9.17, 15) is 18.1 Å². The Kier molecular flexibility index (Phi) is 3.59. The van der Waals surface area contributed by atoms with E-state index in [1.807, 2.05) is 13.8 Å². The van der Waals surface area contributed by atoms with Crippen molar-refractivity contribution in [2.24, 2.45) is 5.92 Å². The van der Waals surface area contributed by atoms with Crippen LogP contribution in [0.3, 0.4) is 0 Å². The highest BCUT2D eigenvalue weighted by Crippen LogP contribution is 2.39. The molecule has 106 valence electrons. The molecule has 0 radical (unpaired) electrons. The lowest BCUT2D eigenvalue weighted by Crippen LogP contribution is -2.36. The first-order valence-corrected chi connectivity index (χ1v) is 7.72. The SMILES string of the molecule is CNC1=CCC(S(=O)(=O)O)C2=C1C(O)C(C)C(C)=C2. The monoisotopic (exact) mass is 285 g/mol. The van der Waals surface area contributed by atoms with Gasteiger partial charge in [0.2, 0.25) is 0 Å². The largest absolute Gasteiger partial charge is 0.388 e. The first kappa shape index (κ1) is 14.3. The Morgan fingerprint density at radius 3 is 2.58 bits per heavy atom. The number of aliphatic hydroxyl groups is 1. The minimum Gasteiger partial charge on any atom is -0.388 e. The summed E-state index contributed by atoms with van der Waals surface area (Å²) in [6.07, 6.45) is 2.93. The molecule has 0 saturated heterocycles. The van der Waals surface area contributed by atoms with Crippen molar-refractivity contribution >= 4 is 10.1 Å². The molecule has 0 spiro atoms. The molecule has 0 saturated carbocycles. The van der Waals surface area contributed by atoms with Crippen LogP contribution in [-0.2, 0) is 10.1 Å². The van der Waals surface area contributed by atoms with E-state index in [1.165, 1.54) is 0 Å². The van der Waals surface area contributed by atoms with Crippen LogP contribution in [0, 0.1) is 5.92 Å². The molecule has 2 aliphatic carbocycles. The minimum absolute atomic E-state index is 0.0735. The van der Waals surface area contributed by atoms with Crippen molar-refractivity contribution in [2.75, 3.05) is 7.05 Å². The van der Waals surface area contributed by atoms with Gasteiger partial charge in [0, 0.05) is 24.2 Å². The molecule has 0 aliphatic heterocycles. The van der Waals surface area contributed by atoms with Gasteiger partial charge in [-0.25, -0.2) is 0 Å². The molecule has 0 amide bonds. The average Bonchev–Trinajstić information content (AvgIpc) is 2.33. The van der Waals surface area contributed by atoms with Crippen LogP contribution >= 0.6 is 0 Å². The molecule has 0 fully saturated rings. The summed E-state index contributed by atoms with van der Waals surface area (Å²) in [6, 6.07) is 0. The number of hydrogen-bond acceptors (Lipinski definition) is 4. The third-order valence-corrected chi connectivity index (χ3v) is 5.15. The normalized spacial score (nSPS) is 31.5. The van der Waals surface area contributed by atoms with E-state index in [-0.39, 0.29) is 12.3 Å². The van der Waals surface area contributed by atoms with Crippen molar-refractivity contribution in [3.05, 3.63) is 34.6 Å². The summed E-state index contributed by atoms with van der Waals surface area (Å²) >= 11 is 0. The second kappa shape index (κ2) is 4.77. The van der Waals surface area contributed by atoms with Gasteiger partial charge in [-0.3, -0.25) is 4.55 Å². The van der Waals surface area contributed by atoms with Crippen LogP contribution in [0.15, 0.2) is 34.6 Å². The van der Waals surface area contributed by atoms with Crippen molar-refractivity contribution in [1.82, 2.24) is 5.32 Å². The summed E-state index contributed by atoms with van der Waals surface area (Å²) in [5.41, 5.74) is 2.72. The summed E-state index contributed by atoms with van der Waals surface area (Å²) in [4.78, 5) is 0. The fourth-order valence-corrected chi connectivity index (χ4v) is 3.54. The third kappa shape index (κ3) is 2.35. The smallest absolute Gasteiger partial charge is 0.272 e. The lowest BCUT2D eigenvalue weighted by atomic mass is 9.78. The highest BCUT2D eigenvalue weighted by molar-refractivity contribution is 7.86. The Bertz CT molecular complexity index is 586. The predicted octanol–water partition coefficient (Wildman–Crippen LogP) is 1.00. The molecule has 5 nitrogen and oxygen atoms in total. The van der Waals surface area contributed by atoms with Crippen molar-refractivity contribution in [2.45, 2.75) is 31.6 Å². The number of allylic oxidation sites excluding steroid dienone is 2. The van der Waals surface area contributed by atoms with Crippen LogP contribution < -0.4 is 5.32 Å². The van der Waals surface area contributed by atoms with Crippen molar-refractivity contribution < 1.29 is 18.1 Å². The highest BCUT2D eigenvalue weighted by atomic mass is 32.2. The van der Waals surface area contributed by atoms with Crippen molar-refractivity contribution in [3.63, 3.8) is 0 Å². The fourth-order valence-electron chi connectivity index (χ4n) is 2.69. The van der Waals surface area contributed by atoms with Gasteiger partial charge >= 0.3 is 0 Å². The van der Waals surface area contributed by atoms with E-state index in [2.05, 4.69) is 5.32 Å². The zero-order valence-corrected chi connectivity index (χ0v) is 12.0. The van der Waals surface area contributed by atoms with Gasteiger partial charge in [0.05, 0.1) is 6.10 Å². The molecular formula is C13H19NO4S. The molecule has 2 aliphatic rings. The Hall–Kier alpha value is -1.11. The van der Waals surface area contributed by atoms with Crippen molar-refractivity contribution in [1.29, 1.82) is 0 Å². The van der Waals surface area contributed by atoms with Gasteiger partial charge < -0.3 is 10.4 Å². The van der Waals surface area contributed by atoms with Crippen LogP contribution in [0.1, 0.15) is 20.3 Å². The van der Waals surface area contributed by atoms with Gasteiger partial charge in [-0.2, -0.15) is 8.42 Å². The maximum atomic E-state index is 11.5. The number of rotatable bonds is 2. The summed E-state index contributed by atoms with van der Waals surface area (Å²) in [5, 5.41) is 12.4. The summed E-state index contributed by atoms with van der Waals surface area (Å²) in [7, 11) is -2.45. The zero-order chi connectivity index (χ0) is 14.4. The van der Waals surface area contributed by atoms with Crippen LogP contribution in [0.5, 0.6) is 0 Å². The van der Waals surface area contributed by atoms with E-state index >= 15 is 0 Å². The summed E-state index contributed by atoms with van der Waals surface area (Å²) in [6.45, 7) is 3.75. The van der Waals surface area contributed by atoms with Gasteiger partial charge in [-0.15, -0.1) is 0 Å². The molecular weight excluding hydrogens is 266 g/mol. The third-order valence-electron chi connectivity index (χ3n) is 3.98. The number of aliphatic hydroxyl groups excluding tert-OH is 1. The molecule has 3 atom stereocenters. The molecule has 19 heavy (non-hydrogen) atoms. The number of nitrogens with one attached hydrogen (secondary N) is 1. The minimum atomic E-state index is -4.18. The Balaban J connectivity index is 2.62. The lowest BCUT2D eigenvalue weighted by molar-refractivity contribution is 0.165. The van der Waals surface area contributed by atoms with Crippen LogP contribution in [-0.4, -0.2) is 36.5 Å². The molecule has 0 bridgehead atoms. The maximum absolute atomic E-state index is 11.5. The molecule has 6 heteroatoms. The number of hydrogen-bond donors (Lipinski definition) is 3. The molecule has 3 N–H and O–H groups in total. The average molecular weight is 285 g/mol. The van der Waals surface area contributed by atoms with Gasteiger partial charge in [0.15, 0.2) is 0 Å². The second-order valence-electron chi connectivity index (χ2n) is 5.10. The second-order valence-corrected chi connectivity index (χ2v) is 6.70. The summed E-state index contributed by atoms with van der Waals surface area (Å²) in [5.74, 6) is -0.0735. The van der Waals surface area contributed by atoms with Gasteiger partial charge in [-0.1, -0.05) is 24.6 Å². The predicted molar refractivity (Wildman–Crippen MR) is 73.1 cm³/mol. The molecule has 3 unspecified atom stereocenters. The van der Waals surface area contributed by atoms with Crippen LogP contribution in [0.25, 0.3) is 0 Å². The van der Waals surface area contributed by atoms with Crippen LogP contribution in [0.2, 0.25) is 0 Å². The van der Waals surface area contributed by atoms with Crippen molar-refractivity contribution in [3.8, 4) is 0 Å². The summed E-state index contributed by atoms with van der Waals surface area (Å²) < 4.78 is 32.3. The van der Waals surface area contributed by atoms with E-state index in [0.29, 0.717) is 11.1 Å². The van der Waals surface area contributed by atoms with Gasteiger partial charge in [-0.05, 0) is 18.9 Å². The standard InChI is InChI=1S/C13H19NO4S/c1-7-6-9-11(19(16,17)18)5-4-10(14-3)12(9)13(15)8(7)2/h4,6,8,11,13-15H,5H2,1-3H3,(H,16,17,18). The lowest BCUT2D eigenvalue weighted by Gasteiger charge is -2.35. The van der Waals surface area contributed by atoms with E-state index in [0.717, 1.165) is 11.3 Å². The van der Waals surface area contributed by atoms with E-state index in [4.69, 9.17) is 0 Å². The molecule has 0 heterocycles. The Morgan fingerprint density at radius 2 is 2.05 bits per heavy atom. The zero-order valence-electron chi connectivity index (χ0n) is 11.2. The Labute approximate surface area is 113 Å². The van der Waals surface area contributed by atoms with Crippen LogP contribution in [0.4, 0.5) is 0 Å².